The number of benzene rings is 2. The summed E-state index contributed by atoms with van der Waals surface area (Å²) < 4.78 is 7.15. The van der Waals surface area contributed by atoms with Crippen LogP contribution in [0.4, 0.5) is 0 Å². The molecular weight excluding hydrogens is 360 g/mol. The summed E-state index contributed by atoms with van der Waals surface area (Å²) in [6.07, 6.45) is 0. The maximum atomic E-state index is 12.5. The molecule has 0 fully saturated rings. The van der Waals surface area contributed by atoms with Gasteiger partial charge >= 0.3 is 5.63 Å². The lowest BCUT2D eigenvalue weighted by molar-refractivity contribution is 0.559. The Morgan fingerprint density at radius 3 is 2.74 bits per heavy atom. The van der Waals surface area contributed by atoms with E-state index in [1.165, 1.54) is 17.3 Å². The standard InChI is InChI=1S/C20H14N4O2S/c1-12-6-8-13(9-7-12)18-21-22-20-24(18)23-16(11-27-20)15-10-14-4-2-3-5-17(14)26-19(15)25/h2-10H,11H2,1H3. The summed E-state index contributed by atoms with van der Waals surface area (Å²) in [6, 6.07) is 17.3. The van der Waals surface area contributed by atoms with Crippen LogP contribution in [0.3, 0.4) is 0 Å². The van der Waals surface area contributed by atoms with Gasteiger partial charge in [0.1, 0.15) is 5.58 Å². The highest BCUT2D eigenvalue weighted by Gasteiger charge is 2.22. The van der Waals surface area contributed by atoms with Crippen molar-refractivity contribution < 1.29 is 4.42 Å². The minimum absolute atomic E-state index is 0.388. The molecule has 7 heteroatoms. The van der Waals surface area contributed by atoms with Crippen molar-refractivity contribution in [1.82, 2.24) is 14.9 Å². The highest BCUT2D eigenvalue weighted by Crippen LogP contribution is 2.28. The summed E-state index contributed by atoms with van der Waals surface area (Å²) >= 11 is 1.50. The SMILES string of the molecule is Cc1ccc(-c2nnc3n2N=C(c2cc4ccccc4oc2=O)CS3)cc1. The number of rotatable bonds is 2. The number of para-hydroxylation sites is 1. The van der Waals surface area contributed by atoms with Gasteiger partial charge in [0.15, 0.2) is 5.82 Å². The van der Waals surface area contributed by atoms with Gasteiger partial charge in [0, 0.05) is 16.7 Å². The van der Waals surface area contributed by atoms with Crippen molar-refractivity contribution in [3.05, 3.63) is 76.1 Å². The molecule has 0 aliphatic carbocycles. The molecule has 2 aromatic carbocycles. The molecule has 4 aromatic rings. The highest BCUT2D eigenvalue weighted by molar-refractivity contribution is 7.99. The predicted octanol–water partition coefficient (Wildman–Crippen LogP) is 3.72. The molecule has 5 rings (SSSR count). The lowest BCUT2D eigenvalue weighted by Gasteiger charge is -2.13. The first-order valence-corrected chi connectivity index (χ1v) is 9.44. The second-order valence-electron chi connectivity index (χ2n) is 6.30. The Hall–Kier alpha value is -3.19. The summed E-state index contributed by atoms with van der Waals surface area (Å²) in [4.78, 5) is 12.5. The summed E-state index contributed by atoms with van der Waals surface area (Å²) in [6.45, 7) is 2.04. The number of hydrogen-bond acceptors (Lipinski definition) is 6. The van der Waals surface area contributed by atoms with E-state index in [9.17, 15) is 4.79 Å². The Balaban J connectivity index is 1.64. The van der Waals surface area contributed by atoms with Gasteiger partial charge in [-0.2, -0.15) is 9.78 Å². The molecule has 0 saturated heterocycles. The maximum Gasteiger partial charge on any atom is 0.345 e. The minimum Gasteiger partial charge on any atom is -0.422 e. The van der Waals surface area contributed by atoms with Crippen molar-refractivity contribution in [3.63, 3.8) is 0 Å². The first kappa shape index (κ1) is 16.0. The van der Waals surface area contributed by atoms with Gasteiger partial charge in [-0.15, -0.1) is 10.2 Å². The van der Waals surface area contributed by atoms with Crippen LogP contribution in [0.25, 0.3) is 22.4 Å². The van der Waals surface area contributed by atoms with Crippen molar-refractivity contribution in [2.75, 3.05) is 5.75 Å². The van der Waals surface area contributed by atoms with Gasteiger partial charge < -0.3 is 4.42 Å². The van der Waals surface area contributed by atoms with Gasteiger partial charge in [0.2, 0.25) is 5.16 Å². The van der Waals surface area contributed by atoms with E-state index < -0.39 is 0 Å². The van der Waals surface area contributed by atoms with Gasteiger partial charge in [-0.25, -0.2) is 4.79 Å². The fourth-order valence-electron chi connectivity index (χ4n) is 3.01. The molecule has 0 N–H and O–H groups in total. The normalized spacial score (nSPS) is 13.4. The Bertz CT molecular complexity index is 1260. The molecule has 1 aliphatic rings. The second-order valence-corrected chi connectivity index (χ2v) is 7.25. The van der Waals surface area contributed by atoms with Gasteiger partial charge in [-0.3, -0.25) is 0 Å². The van der Waals surface area contributed by atoms with Crippen LogP contribution >= 0.6 is 11.8 Å². The quantitative estimate of drug-likeness (QED) is 0.500. The van der Waals surface area contributed by atoms with Crippen LogP contribution < -0.4 is 5.63 Å². The van der Waals surface area contributed by atoms with Crippen LogP contribution in [0.5, 0.6) is 0 Å². The van der Waals surface area contributed by atoms with Crippen LogP contribution in [0.2, 0.25) is 0 Å². The predicted molar refractivity (Wildman–Crippen MR) is 105 cm³/mol. The average molecular weight is 374 g/mol. The first-order valence-electron chi connectivity index (χ1n) is 8.45. The molecule has 6 nitrogen and oxygen atoms in total. The fraction of sp³-hybridized carbons (Fsp3) is 0.100. The van der Waals surface area contributed by atoms with Crippen LogP contribution in [0.15, 0.2) is 74.1 Å². The van der Waals surface area contributed by atoms with Crippen LogP contribution in [0.1, 0.15) is 11.1 Å². The molecule has 0 spiro atoms. The minimum atomic E-state index is -0.388. The van der Waals surface area contributed by atoms with Crippen LogP contribution in [-0.4, -0.2) is 26.3 Å². The van der Waals surface area contributed by atoms with Gasteiger partial charge in [0.25, 0.3) is 0 Å². The molecule has 0 amide bonds. The third-order valence-electron chi connectivity index (χ3n) is 4.43. The number of aromatic nitrogens is 3. The van der Waals surface area contributed by atoms with Crippen molar-refractivity contribution in [2.24, 2.45) is 5.10 Å². The Labute approximate surface area is 158 Å². The zero-order valence-corrected chi connectivity index (χ0v) is 15.2. The number of nitrogens with zero attached hydrogens (tertiary/aromatic N) is 4. The number of fused-ring (bicyclic) bond motifs is 2. The zero-order valence-electron chi connectivity index (χ0n) is 14.4. The molecular formula is C20H14N4O2S. The maximum absolute atomic E-state index is 12.5. The fourth-order valence-corrected chi connectivity index (χ4v) is 3.83. The molecule has 0 unspecified atom stereocenters. The largest absolute Gasteiger partial charge is 0.422 e. The van der Waals surface area contributed by atoms with Gasteiger partial charge in [0.05, 0.1) is 11.3 Å². The number of aryl methyl sites for hydroxylation is 1. The van der Waals surface area contributed by atoms with Gasteiger partial charge in [-0.1, -0.05) is 59.8 Å². The molecule has 132 valence electrons. The molecule has 0 saturated carbocycles. The van der Waals surface area contributed by atoms with E-state index >= 15 is 0 Å². The molecule has 2 aromatic heterocycles. The van der Waals surface area contributed by atoms with E-state index in [4.69, 9.17) is 4.42 Å². The summed E-state index contributed by atoms with van der Waals surface area (Å²) in [5.74, 6) is 1.19. The van der Waals surface area contributed by atoms with E-state index in [1.807, 2.05) is 55.5 Å². The van der Waals surface area contributed by atoms with E-state index in [1.54, 1.807) is 10.7 Å². The summed E-state index contributed by atoms with van der Waals surface area (Å²) in [5, 5.41) is 14.8. The molecule has 1 aliphatic heterocycles. The Morgan fingerprint density at radius 2 is 1.89 bits per heavy atom. The zero-order chi connectivity index (χ0) is 18.4. The topological polar surface area (TPSA) is 73.3 Å². The average Bonchev–Trinajstić information content (AvgIpc) is 3.11. The van der Waals surface area contributed by atoms with E-state index in [0.717, 1.165) is 10.9 Å². The third kappa shape index (κ3) is 2.76. The summed E-state index contributed by atoms with van der Waals surface area (Å²) in [7, 11) is 0. The Kier molecular flexibility index (Phi) is 3.68. The number of thioether (sulfide) groups is 1. The summed E-state index contributed by atoms with van der Waals surface area (Å²) in [5.41, 5.74) is 3.40. The van der Waals surface area contributed by atoms with E-state index in [2.05, 4.69) is 15.3 Å². The van der Waals surface area contributed by atoms with Crippen molar-refractivity contribution >= 4 is 28.4 Å². The van der Waals surface area contributed by atoms with Crippen LogP contribution in [-0.2, 0) is 0 Å². The number of hydrogen-bond donors (Lipinski definition) is 0. The Morgan fingerprint density at radius 1 is 1.07 bits per heavy atom. The molecule has 0 bridgehead atoms. The monoisotopic (exact) mass is 374 g/mol. The molecule has 0 radical (unpaired) electrons. The first-order chi connectivity index (χ1) is 13.2. The molecule has 0 atom stereocenters. The highest BCUT2D eigenvalue weighted by atomic mass is 32.2. The van der Waals surface area contributed by atoms with E-state index in [0.29, 0.717) is 33.6 Å². The third-order valence-corrected chi connectivity index (χ3v) is 5.36. The lowest BCUT2D eigenvalue weighted by atomic mass is 10.1. The van der Waals surface area contributed by atoms with Crippen molar-refractivity contribution in [3.8, 4) is 11.4 Å². The molecule has 27 heavy (non-hydrogen) atoms. The lowest BCUT2D eigenvalue weighted by Crippen LogP contribution is -2.20. The van der Waals surface area contributed by atoms with Crippen LogP contribution in [0, 0.1) is 6.92 Å². The second kappa shape index (κ2) is 6.21. The van der Waals surface area contributed by atoms with Gasteiger partial charge in [-0.05, 0) is 19.1 Å². The van der Waals surface area contributed by atoms with Crippen molar-refractivity contribution in [2.45, 2.75) is 12.1 Å². The smallest absolute Gasteiger partial charge is 0.345 e. The van der Waals surface area contributed by atoms with Crippen molar-refractivity contribution in [1.29, 1.82) is 0 Å². The molecule has 3 heterocycles. The van der Waals surface area contributed by atoms with E-state index in [-0.39, 0.29) is 5.63 Å².